The lowest BCUT2D eigenvalue weighted by Crippen LogP contribution is -2.24. The highest BCUT2D eigenvalue weighted by molar-refractivity contribution is 5.35. The first-order valence-corrected chi connectivity index (χ1v) is 3.92. The SMILES string of the molecule is NC[C@H](N)c1c(F)c(F)c(O)c(F)c1F. The number of phenols is 1. The van der Waals surface area contributed by atoms with E-state index in [1.807, 2.05) is 0 Å². The fraction of sp³-hybridized carbons (Fsp3) is 0.250. The van der Waals surface area contributed by atoms with Gasteiger partial charge in [0.25, 0.3) is 0 Å². The third-order valence-electron chi connectivity index (χ3n) is 1.90. The van der Waals surface area contributed by atoms with E-state index in [1.54, 1.807) is 0 Å². The van der Waals surface area contributed by atoms with Gasteiger partial charge in [-0.05, 0) is 0 Å². The highest BCUT2D eigenvalue weighted by Gasteiger charge is 2.27. The molecule has 0 aromatic heterocycles. The summed E-state index contributed by atoms with van der Waals surface area (Å²) in [6.07, 6.45) is 0. The number of aromatic hydroxyl groups is 1. The summed E-state index contributed by atoms with van der Waals surface area (Å²) in [7, 11) is 0. The van der Waals surface area contributed by atoms with Crippen LogP contribution >= 0.6 is 0 Å². The van der Waals surface area contributed by atoms with Gasteiger partial charge in [0.05, 0.1) is 0 Å². The molecule has 1 aromatic rings. The molecule has 5 N–H and O–H groups in total. The Hall–Kier alpha value is -1.34. The van der Waals surface area contributed by atoms with Gasteiger partial charge >= 0.3 is 0 Å². The van der Waals surface area contributed by atoms with Crippen molar-refractivity contribution < 1.29 is 22.7 Å². The topological polar surface area (TPSA) is 72.3 Å². The van der Waals surface area contributed by atoms with E-state index in [9.17, 15) is 17.6 Å². The summed E-state index contributed by atoms with van der Waals surface area (Å²) < 4.78 is 51.7. The van der Waals surface area contributed by atoms with Crippen LogP contribution in [0.1, 0.15) is 11.6 Å². The van der Waals surface area contributed by atoms with Crippen LogP contribution in [0, 0.1) is 23.3 Å². The Bertz CT molecular complexity index is 368. The summed E-state index contributed by atoms with van der Waals surface area (Å²) in [5, 5.41) is 8.64. The number of halogens is 4. The molecule has 0 aliphatic rings. The molecule has 15 heavy (non-hydrogen) atoms. The Morgan fingerprint density at radius 3 is 1.73 bits per heavy atom. The molecule has 7 heteroatoms. The number of phenolic OH excluding ortho intramolecular Hbond substituents is 1. The molecule has 0 radical (unpaired) electrons. The molecule has 0 bridgehead atoms. The van der Waals surface area contributed by atoms with Crippen molar-refractivity contribution in [1.29, 1.82) is 0 Å². The van der Waals surface area contributed by atoms with Crippen molar-refractivity contribution in [1.82, 2.24) is 0 Å². The third kappa shape index (κ3) is 1.75. The highest BCUT2D eigenvalue weighted by Crippen LogP contribution is 2.30. The zero-order chi connectivity index (χ0) is 11.7. The van der Waals surface area contributed by atoms with Crippen LogP contribution in [0.25, 0.3) is 0 Å². The van der Waals surface area contributed by atoms with Crippen LogP contribution in [0.5, 0.6) is 5.75 Å². The first-order chi connectivity index (χ1) is 6.91. The predicted octanol–water partition coefficient (Wildman–Crippen LogP) is 0.907. The Kier molecular flexibility index (Phi) is 3.15. The standard InChI is InChI=1S/C8H8F4N2O/c9-4-3(2(14)1-13)5(10)7(12)8(15)6(4)11/h2,15H,1,13-14H2/t2-/m0/s1. The van der Waals surface area contributed by atoms with Crippen molar-refractivity contribution in [3.8, 4) is 5.75 Å². The molecule has 0 spiro atoms. The molecule has 84 valence electrons. The minimum atomic E-state index is -1.88. The second-order valence-corrected chi connectivity index (χ2v) is 2.86. The average molecular weight is 224 g/mol. The molecule has 0 saturated heterocycles. The van der Waals surface area contributed by atoms with Crippen LogP contribution in [0.2, 0.25) is 0 Å². The Morgan fingerprint density at radius 1 is 1.00 bits per heavy atom. The van der Waals surface area contributed by atoms with E-state index in [0.29, 0.717) is 0 Å². The summed E-state index contributed by atoms with van der Waals surface area (Å²) in [5.74, 6) is -8.94. The van der Waals surface area contributed by atoms with E-state index < -0.39 is 47.2 Å². The van der Waals surface area contributed by atoms with Crippen molar-refractivity contribution in [2.24, 2.45) is 11.5 Å². The summed E-state index contributed by atoms with van der Waals surface area (Å²) >= 11 is 0. The lowest BCUT2D eigenvalue weighted by molar-refractivity contribution is 0.347. The molecule has 3 nitrogen and oxygen atoms in total. The average Bonchev–Trinajstić information content (AvgIpc) is 2.23. The lowest BCUT2D eigenvalue weighted by atomic mass is 10.1. The lowest BCUT2D eigenvalue weighted by Gasteiger charge is -2.13. The second kappa shape index (κ2) is 4.03. The zero-order valence-electron chi connectivity index (χ0n) is 7.40. The highest BCUT2D eigenvalue weighted by atomic mass is 19.2. The van der Waals surface area contributed by atoms with E-state index in [4.69, 9.17) is 16.6 Å². The zero-order valence-corrected chi connectivity index (χ0v) is 7.40. The first kappa shape index (κ1) is 11.7. The number of hydrogen-bond acceptors (Lipinski definition) is 3. The van der Waals surface area contributed by atoms with Gasteiger partial charge < -0.3 is 16.6 Å². The smallest absolute Gasteiger partial charge is 0.204 e. The minimum Gasteiger partial charge on any atom is -0.503 e. The fourth-order valence-corrected chi connectivity index (χ4v) is 1.08. The minimum absolute atomic E-state index is 0.391. The van der Waals surface area contributed by atoms with E-state index >= 15 is 0 Å². The number of benzene rings is 1. The van der Waals surface area contributed by atoms with Gasteiger partial charge in [0.15, 0.2) is 17.4 Å². The quantitative estimate of drug-likeness (QED) is 0.516. The van der Waals surface area contributed by atoms with Crippen LogP contribution in [0.3, 0.4) is 0 Å². The fourth-order valence-electron chi connectivity index (χ4n) is 1.08. The van der Waals surface area contributed by atoms with Gasteiger partial charge in [-0.3, -0.25) is 0 Å². The maximum atomic E-state index is 13.1. The van der Waals surface area contributed by atoms with Gasteiger partial charge in [-0.2, -0.15) is 8.78 Å². The van der Waals surface area contributed by atoms with Gasteiger partial charge in [0.2, 0.25) is 11.6 Å². The molecule has 1 rings (SSSR count). The molecule has 0 fully saturated rings. The molecule has 0 saturated carbocycles. The molecule has 0 heterocycles. The van der Waals surface area contributed by atoms with Gasteiger partial charge in [-0.1, -0.05) is 0 Å². The normalized spacial score (nSPS) is 12.9. The van der Waals surface area contributed by atoms with Crippen molar-refractivity contribution in [2.75, 3.05) is 6.54 Å². The van der Waals surface area contributed by atoms with Crippen molar-refractivity contribution >= 4 is 0 Å². The molecular formula is C8H8F4N2O. The van der Waals surface area contributed by atoms with Crippen molar-refractivity contribution in [3.05, 3.63) is 28.8 Å². The Morgan fingerprint density at radius 2 is 1.40 bits per heavy atom. The van der Waals surface area contributed by atoms with Crippen molar-refractivity contribution in [3.63, 3.8) is 0 Å². The number of rotatable bonds is 2. The summed E-state index contributed by atoms with van der Waals surface area (Å²) in [5.41, 5.74) is 9.17. The van der Waals surface area contributed by atoms with Crippen LogP contribution in [0.4, 0.5) is 17.6 Å². The largest absolute Gasteiger partial charge is 0.503 e. The van der Waals surface area contributed by atoms with Gasteiger partial charge in [-0.15, -0.1) is 0 Å². The molecule has 1 aromatic carbocycles. The summed E-state index contributed by atoms with van der Waals surface area (Å²) in [6, 6.07) is -1.38. The van der Waals surface area contributed by atoms with E-state index in [0.717, 1.165) is 0 Å². The molecule has 1 atom stereocenters. The number of hydrogen-bond donors (Lipinski definition) is 3. The monoisotopic (exact) mass is 224 g/mol. The Balaban J connectivity index is 3.52. The molecular weight excluding hydrogens is 216 g/mol. The maximum absolute atomic E-state index is 13.1. The molecule has 0 aliphatic heterocycles. The van der Waals surface area contributed by atoms with Crippen LogP contribution < -0.4 is 11.5 Å². The third-order valence-corrected chi connectivity index (χ3v) is 1.90. The van der Waals surface area contributed by atoms with E-state index in [-0.39, 0.29) is 0 Å². The second-order valence-electron chi connectivity index (χ2n) is 2.86. The first-order valence-electron chi connectivity index (χ1n) is 3.92. The summed E-state index contributed by atoms with van der Waals surface area (Å²) in [6.45, 7) is -0.391. The number of nitrogens with two attached hydrogens (primary N) is 2. The van der Waals surface area contributed by atoms with Crippen LogP contribution in [-0.2, 0) is 0 Å². The molecule has 0 unspecified atom stereocenters. The van der Waals surface area contributed by atoms with Crippen LogP contribution in [-0.4, -0.2) is 11.7 Å². The summed E-state index contributed by atoms with van der Waals surface area (Å²) in [4.78, 5) is 0. The molecule has 0 amide bonds. The molecule has 0 aliphatic carbocycles. The van der Waals surface area contributed by atoms with Gasteiger partial charge in [-0.25, -0.2) is 8.78 Å². The van der Waals surface area contributed by atoms with Crippen LogP contribution in [0.15, 0.2) is 0 Å². The van der Waals surface area contributed by atoms with E-state index in [2.05, 4.69) is 0 Å². The van der Waals surface area contributed by atoms with Gasteiger partial charge in [0.1, 0.15) is 0 Å². The van der Waals surface area contributed by atoms with Gasteiger partial charge in [0, 0.05) is 18.2 Å². The predicted molar refractivity (Wildman–Crippen MR) is 43.9 cm³/mol. The maximum Gasteiger partial charge on any atom is 0.204 e. The van der Waals surface area contributed by atoms with E-state index in [1.165, 1.54) is 0 Å². The Labute approximate surface area is 82.3 Å². The van der Waals surface area contributed by atoms with Crippen molar-refractivity contribution in [2.45, 2.75) is 6.04 Å².